The Kier molecular flexibility index (Phi) is 6.65. The van der Waals surface area contributed by atoms with Crippen LogP contribution in [0.4, 0.5) is 0 Å². The predicted molar refractivity (Wildman–Crippen MR) is 71.5 cm³/mol. The van der Waals surface area contributed by atoms with Crippen molar-refractivity contribution in [1.29, 1.82) is 0 Å². The van der Waals surface area contributed by atoms with Crippen LogP contribution in [0.1, 0.15) is 46.0 Å². The van der Waals surface area contributed by atoms with Crippen molar-refractivity contribution < 1.29 is 14.3 Å². The molecule has 0 radical (unpaired) electrons. The van der Waals surface area contributed by atoms with Crippen molar-refractivity contribution in [1.82, 2.24) is 5.32 Å². The average Bonchev–Trinajstić information content (AvgIpc) is 2.80. The zero-order valence-corrected chi connectivity index (χ0v) is 12.0. The molecule has 0 spiro atoms. The number of carbonyl (C=O) groups is 1. The van der Waals surface area contributed by atoms with Gasteiger partial charge in [0.15, 0.2) is 0 Å². The number of hydrogen-bond donors (Lipinski definition) is 1. The van der Waals surface area contributed by atoms with Gasteiger partial charge in [-0.2, -0.15) is 0 Å². The van der Waals surface area contributed by atoms with Gasteiger partial charge >= 0.3 is 5.97 Å². The van der Waals surface area contributed by atoms with Gasteiger partial charge in [0.25, 0.3) is 0 Å². The highest BCUT2D eigenvalue weighted by Gasteiger charge is 2.49. The Bertz CT molecular complexity index is 257. The van der Waals surface area contributed by atoms with E-state index >= 15 is 0 Å². The third kappa shape index (κ3) is 3.45. The summed E-state index contributed by atoms with van der Waals surface area (Å²) in [6, 6.07) is 0. The summed E-state index contributed by atoms with van der Waals surface area (Å²) in [5.41, 5.74) is -0.470. The highest BCUT2D eigenvalue weighted by molar-refractivity contribution is 5.81. The minimum atomic E-state index is -0.470. The van der Waals surface area contributed by atoms with Gasteiger partial charge in [-0.05, 0) is 45.1 Å². The molecule has 0 aliphatic heterocycles. The van der Waals surface area contributed by atoms with Crippen molar-refractivity contribution >= 4 is 5.97 Å². The van der Waals surface area contributed by atoms with Crippen molar-refractivity contribution in [3.05, 3.63) is 0 Å². The maximum absolute atomic E-state index is 12.2. The quantitative estimate of drug-likeness (QED) is 0.534. The first-order chi connectivity index (χ1) is 8.71. The van der Waals surface area contributed by atoms with E-state index in [9.17, 15) is 4.79 Å². The van der Waals surface area contributed by atoms with Crippen LogP contribution in [0.3, 0.4) is 0 Å². The van der Waals surface area contributed by atoms with Crippen LogP contribution in [-0.2, 0) is 14.3 Å². The number of methoxy groups -OCH3 is 1. The van der Waals surface area contributed by atoms with Crippen LogP contribution in [0.15, 0.2) is 0 Å². The maximum atomic E-state index is 12.2. The van der Waals surface area contributed by atoms with Gasteiger partial charge in [-0.15, -0.1) is 0 Å². The van der Waals surface area contributed by atoms with Crippen molar-refractivity contribution in [2.45, 2.75) is 51.5 Å². The molecule has 0 amide bonds. The number of rotatable bonds is 8. The fraction of sp³-hybridized carbons (Fsp3) is 0.929. The van der Waals surface area contributed by atoms with E-state index in [-0.39, 0.29) is 5.97 Å². The number of hydrogen-bond acceptors (Lipinski definition) is 4. The lowest BCUT2D eigenvalue weighted by atomic mass is 9.84. The molecule has 106 valence electrons. The molecule has 1 fully saturated rings. The molecular formula is C14H27NO3. The molecule has 4 heteroatoms. The zero-order valence-electron chi connectivity index (χ0n) is 12.0. The van der Waals surface area contributed by atoms with Crippen LogP contribution in [0.5, 0.6) is 0 Å². The summed E-state index contributed by atoms with van der Waals surface area (Å²) >= 11 is 0. The molecule has 1 saturated carbocycles. The van der Waals surface area contributed by atoms with Crippen LogP contribution in [0, 0.1) is 5.92 Å². The van der Waals surface area contributed by atoms with E-state index in [4.69, 9.17) is 9.47 Å². The van der Waals surface area contributed by atoms with E-state index in [0.29, 0.717) is 5.92 Å². The van der Waals surface area contributed by atoms with Gasteiger partial charge in [0.05, 0.1) is 7.11 Å². The fourth-order valence-electron chi connectivity index (χ4n) is 2.94. The first kappa shape index (κ1) is 15.4. The third-order valence-electron chi connectivity index (χ3n) is 3.88. The first-order valence-electron chi connectivity index (χ1n) is 7.12. The Hall–Kier alpha value is -0.610. The zero-order chi connectivity index (χ0) is 13.4. The molecule has 0 aromatic rings. The molecular weight excluding hydrogens is 230 g/mol. The van der Waals surface area contributed by atoms with Crippen molar-refractivity contribution in [2.24, 2.45) is 5.92 Å². The van der Waals surface area contributed by atoms with Crippen LogP contribution >= 0.6 is 0 Å². The van der Waals surface area contributed by atoms with Crippen molar-refractivity contribution in [3.63, 3.8) is 0 Å². The fourth-order valence-corrected chi connectivity index (χ4v) is 2.94. The van der Waals surface area contributed by atoms with Gasteiger partial charge in [0.2, 0.25) is 0 Å². The number of ether oxygens (including phenoxy) is 2. The number of nitrogens with one attached hydrogen (secondary N) is 1. The molecule has 1 aliphatic rings. The molecule has 1 rings (SSSR count). The molecule has 2 atom stereocenters. The van der Waals surface area contributed by atoms with Crippen LogP contribution in [0.2, 0.25) is 0 Å². The second-order valence-corrected chi connectivity index (χ2v) is 4.96. The predicted octanol–water partition coefficient (Wildman–Crippen LogP) is 2.12. The molecule has 4 nitrogen and oxygen atoms in total. The third-order valence-corrected chi connectivity index (χ3v) is 3.88. The summed E-state index contributed by atoms with van der Waals surface area (Å²) in [7, 11) is 1.48. The SMILES string of the molecule is CCCNC1(C(=O)OC)CCCC1CCOCC. The van der Waals surface area contributed by atoms with Gasteiger partial charge in [0, 0.05) is 13.2 Å². The number of carbonyl (C=O) groups excluding carboxylic acids is 1. The molecule has 2 unspecified atom stereocenters. The molecule has 0 saturated heterocycles. The standard InChI is InChI=1S/C14H27NO3/c1-4-10-15-14(13(16)17-3)9-6-7-12(14)8-11-18-5-2/h12,15H,4-11H2,1-3H3. The Morgan fingerprint density at radius 1 is 1.44 bits per heavy atom. The van der Waals surface area contributed by atoms with Gasteiger partial charge in [-0.3, -0.25) is 4.79 Å². The minimum absolute atomic E-state index is 0.102. The summed E-state index contributed by atoms with van der Waals surface area (Å²) in [5.74, 6) is 0.234. The largest absolute Gasteiger partial charge is 0.468 e. The molecule has 18 heavy (non-hydrogen) atoms. The Morgan fingerprint density at radius 3 is 2.83 bits per heavy atom. The lowest BCUT2D eigenvalue weighted by Gasteiger charge is -2.34. The number of esters is 1. The van der Waals surface area contributed by atoms with Crippen molar-refractivity contribution in [3.8, 4) is 0 Å². The summed E-state index contributed by atoms with van der Waals surface area (Å²) in [6.45, 7) is 6.44. The summed E-state index contributed by atoms with van der Waals surface area (Å²) < 4.78 is 10.5. The Balaban J connectivity index is 2.69. The molecule has 0 aromatic carbocycles. The normalized spacial score (nSPS) is 27.4. The summed E-state index contributed by atoms with van der Waals surface area (Å²) in [6.07, 6.45) is 5.01. The second-order valence-electron chi connectivity index (χ2n) is 4.96. The van der Waals surface area contributed by atoms with E-state index in [1.807, 2.05) is 6.92 Å². The smallest absolute Gasteiger partial charge is 0.326 e. The van der Waals surface area contributed by atoms with Gasteiger partial charge < -0.3 is 14.8 Å². The maximum Gasteiger partial charge on any atom is 0.326 e. The van der Waals surface area contributed by atoms with E-state index in [0.717, 1.165) is 51.9 Å². The Morgan fingerprint density at radius 2 is 2.22 bits per heavy atom. The van der Waals surface area contributed by atoms with E-state index in [2.05, 4.69) is 12.2 Å². The summed E-state index contributed by atoms with van der Waals surface area (Å²) in [5, 5.41) is 3.44. The van der Waals surface area contributed by atoms with Crippen LogP contribution < -0.4 is 5.32 Å². The topological polar surface area (TPSA) is 47.6 Å². The Labute approximate surface area is 110 Å². The van der Waals surface area contributed by atoms with Gasteiger partial charge in [0.1, 0.15) is 5.54 Å². The monoisotopic (exact) mass is 257 g/mol. The van der Waals surface area contributed by atoms with E-state index in [1.165, 1.54) is 7.11 Å². The summed E-state index contributed by atoms with van der Waals surface area (Å²) in [4.78, 5) is 12.2. The van der Waals surface area contributed by atoms with Crippen LogP contribution in [-0.4, -0.2) is 38.4 Å². The molecule has 0 aromatic heterocycles. The van der Waals surface area contributed by atoms with E-state index < -0.39 is 5.54 Å². The first-order valence-corrected chi connectivity index (χ1v) is 7.12. The van der Waals surface area contributed by atoms with Gasteiger partial charge in [-0.25, -0.2) is 0 Å². The van der Waals surface area contributed by atoms with E-state index in [1.54, 1.807) is 0 Å². The highest BCUT2D eigenvalue weighted by atomic mass is 16.5. The average molecular weight is 257 g/mol. The molecule has 0 heterocycles. The molecule has 1 aliphatic carbocycles. The molecule has 1 N–H and O–H groups in total. The lowest BCUT2D eigenvalue weighted by Crippen LogP contribution is -2.55. The molecule has 0 bridgehead atoms. The highest BCUT2D eigenvalue weighted by Crippen LogP contribution is 2.39. The van der Waals surface area contributed by atoms with Crippen LogP contribution in [0.25, 0.3) is 0 Å². The minimum Gasteiger partial charge on any atom is -0.468 e. The van der Waals surface area contributed by atoms with Gasteiger partial charge in [-0.1, -0.05) is 13.3 Å². The van der Waals surface area contributed by atoms with Crippen molar-refractivity contribution in [2.75, 3.05) is 26.9 Å². The lowest BCUT2D eigenvalue weighted by molar-refractivity contribution is -0.150. The second kappa shape index (κ2) is 7.74.